The van der Waals surface area contributed by atoms with E-state index in [1.165, 1.54) is 6.07 Å². The van der Waals surface area contributed by atoms with Gasteiger partial charge in [-0.05, 0) is 24.0 Å². The number of nitro benzene ring substituents is 1. The normalized spacial score (nSPS) is 12.2. The van der Waals surface area contributed by atoms with Crippen LogP contribution in [0, 0.1) is 15.5 Å². The molecule has 0 saturated heterocycles. The molecule has 0 aromatic heterocycles. The van der Waals surface area contributed by atoms with E-state index in [4.69, 9.17) is 5.84 Å². The first kappa shape index (κ1) is 17.3. The molecular weight excluding hydrogens is 296 g/mol. The van der Waals surface area contributed by atoms with Crippen LogP contribution in [-0.2, 0) is 10.0 Å². The van der Waals surface area contributed by atoms with E-state index in [9.17, 15) is 18.5 Å². The number of benzene rings is 1. The molecule has 9 heteroatoms. The number of nitrogen functional groups attached to an aromatic ring is 1. The van der Waals surface area contributed by atoms with Gasteiger partial charge in [0.25, 0.3) is 5.69 Å². The van der Waals surface area contributed by atoms with Gasteiger partial charge in [-0.25, -0.2) is 13.1 Å². The number of nitrogens with two attached hydrogens (primary N) is 1. The highest BCUT2D eigenvalue weighted by atomic mass is 32.2. The predicted octanol–water partition coefficient (Wildman–Crippen LogP) is 1.59. The van der Waals surface area contributed by atoms with Crippen LogP contribution < -0.4 is 16.0 Å². The Labute approximate surface area is 123 Å². The maximum atomic E-state index is 12.1. The molecule has 1 aromatic rings. The second kappa shape index (κ2) is 6.37. The average molecular weight is 316 g/mol. The van der Waals surface area contributed by atoms with E-state index >= 15 is 0 Å². The molecule has 0 radical (unpaired) electrons. The zero-order valence-corrected chi connectivity index (χ0v) is 13.0. The number of sulfonamides is 1. The fraction of sp³-hybridized carbons (Fsp3) is 0.500. The Bertz CT molecular complexity index is 623. The molecule has 0 aliphatic heterocycles. The molecule has 118 valence electrons. The Kier molecular flexibility index (Phi) is 5.26. The molecule has 0 heterocycles. The van der Waals surface area contributed by atoms with Crippen LogP contribution in [0.15, 0.2) is 23.1 Å². The van der Waals surface area contributed by atoms with Gasteiger partial charge in [-0.15, -0.1) is 0 Å². The van der Waals surface area contributed by atoms with Crippen LogP contribution in [-0.4, -0.2) is 19.9 Å². The standard InChI is InChI=1S/C12H20N4O4S/c1-12(2,3)6-7-14-21(19,20)9-4-5-11(16(17)18)10(8-9)15-13/h4-5,8,14-15H,6-7,13H2,1-3H3. The van der Waals surface area contributed by atoms with Crippen molar-refractivity contribution in [3.63, 3.8) is 0 Å². The minimum Gasteiger partial charge on any atom is -0.318 e. The van der Waals surface area contributed by atoms with Gasteiger partial charge in [-0.2, -0.15) is 0 Å². The van der Waals surface area contributed by atoms with E-state index in [0.717, 1.165) is 12.1 Å². The van der Waals surface area contributed by atoms with Gasteiger partial charge in [0, 0.05) is 12.6 Å². The fourth-order valence-electron chi connectivity index (χ4n) is 1.60. The third kappa shape index (κ3) is 4.96. The molecule has 0 spiro atoms. The number of nitrogens with zero attached hydrogens (tertiary/aromatic N) is 1. The molecule has 0 atom stereocenters. The number of rotatable bonds is 6. The number of hydrazine groups is 1. The number of hydrogen-bond acceptors (Lipinski definition) is 6. The van der Waals surface area contributed by atoms with Gasteiger partial charge < -0.3 is 5.43 Å². The predicted molar refractivity (Wildman–Crippen MR) is 80.2 cm³/mol. The lowest BCUT2D eigenvalue weighted by Gasteiger charge is -2.18. The van der Waals surface area contributed by atoms with Crippen molar-refractivity contribution in [1.82, 2.24) is 4.72 Å². The van der Waals surface area contributed by atoms with Crippen LogP contribution in [0.1, 0.15) is 27.2 Å². The van der Waals surface area contributed by atoms with Gasteiger partial charge >= 0.3 is 0 Å². The maximum absolute atomic E-state index is 12.1. The highest BCUT2D eigenvalue weighted by molar-refractivity contribution is 7.89. The highest BCUT2D eigenvalue weighted by Crippen LogP contribution is 2.26. The van der Waals surface area contributed by atoms with Crippen molar-refractivity contribution in [2.24, 2.45) is 11.3 Å². The van der Waals surface area contributed by atoms with Gasteiger partial charge in [0.1, 0.15) is 5.69 Å². The summed E-state index contributed by atoms with van der Waals surface area (Å²) in [5.74, 6) is 5.19. The molecular formula is C12H20N4O4S. The highest BCUT2D eigenvalue weighted by Gasteiger charge is 2.20. The molecule has 0 aliphatic rings. The van der Waals surface area contributed by atoms with Gasteiger partial charge in [0.15, 0.2) is 0 Å². The second-order valence-corrected chi connectivity index (χ2v) is 7.56. The van der Waals surface area contributed by atoms with Gasteiger partial charge in [0.2, 0.25) is 10.0 Å². The number of anilines is 1. The number of nitrogens with one attached hydrogen (secondary N) is 2. The summed E-state index contributed by atoms with van der Waals surface area (Å²) in [5.41, 5.74) is 1.80. The Balaban J connectivity index is 2.96. The number of hydrogen-bond donors (Lipinski definition) is 3. The van der Waals surface area contributed by atoms with E-state index in [-0.39, 0.29) is 28.2 Å². The van der Waals surface area contributed by atoms with Crippen LogP contribution >= 0.6 is 0 Å². The lowest BCUT2D eigenvalue weighted by Crippen LogP contribution is -2.27. The summed E-state index contributed by atoms with van der Waals surface area (Å²) in [4.78, 5) is 10.1. The molecule has 4 N–H and O–H groups in total. The topological polar surface area (TPSA) is 127 Å². The molecule has 0 fully saturated rings. The van der Waals surface area contributed by atoms with Crippen molar-refractivity contribution in [2.75, 3.05) is 12.0 Å². The SMILES string of the molecule is CC(C)(C)CCNS(=O)(=O)c1ccc([N+](=O)[O-])c(NN)c1. The van der Waals surface area contributed by atoms with E-state index in [2.05, 4.69) is 10.1 Å². The zero-order chi connectivity index (χ0) is 16.3. The van der Waals surface area contributed by atoms with E-state index < -0.39 is 14.9 Å². The lowest BCUT2D eigenvalue weighted by atomic mass is 9.93. The van der Waals surface area contributed by atoms with Gasteiger partial charge in [-0.3, -0.25) is 16.0 Å². The third-order valence-electron chi connectivity index (χ3n) is 2.80. The molecule has 0 bridgehead atoms. The molecule has 1 aromatic carbocycles. The molecule has 0 unspecified atom stereocenters. The molecule has 0 saturated carbocycles. The van der Waals surface area contributed by atoms with Crippen LogP contribution in [0.4, 0.5) is 11.4 Å². The zero-order valence-electron chi connectivity index (χ0n) is 12.2. The van der Waals surface area contributed by atoms with Crippen molar-refractivity contribution in [3.05, 3.63) is 28.3 Å². The molecule has 0 aliphatic carbocycles. The minimum absolute atomic E-state index is 0.00195. The largest absolute Gasteiger partial charge is 0.318 e. The first-order chi connectivity index (χ1) is 9.57. The summed E-state index contributed by atoms with van der Waals surface area (Å²) in [6.45, 7) is 6.30. The Hall–Kier alpha value is -1.71. The number of nitro groups is 1. The Morgan fingerprint density at radius 3 is 2.43 bits per heavy atom. The second-order valence-electron chi connectivity index (χ2n) is 5.79. The van der Waals surface area contributed by atoms with Crippen LogP contribution in [0.5, 0.6) is 0 Å². The average Bonchev–Trinajstić information content (AvgIpc) is 2.35. The van der Waals surface area contributed by atoms with Gasteiger partial charge in [-0.1, -0.05) is 20.8 Å². The third-order valence-corrected chi connectivity index (χ3v) is 4.26. The van der Waals surface area contributed by atoms with Crippen molar-refractivity contribution in [2.45, 2.75) is 32.1 Å². The van der Waals surface area contributed by atoms with Crippen LogP contribution in [0.2, 0.25) is 0 Å². The monoisotopic (exact) mass is 316 g/mol. The summed E-state index contributed by atoms with van der Waals surface area (Å²) < 4.78 is 26.7. The van der Waals surface area contributed by atoms with Crippen molar-refractivity contribution < 1.29 is 13.3 Å². The molecule has 21 heavy (non-hydrogen) atoms. The Morgan fingerprint density at radius 1 is 1.33 bits per heavy atom. The van der Waals surface area contributed by atoms with Crippen molar-refractivity contribution in [3.8, 4) is 0 Å². The first-order valence-corrected chi connectivity index (χ1v) is 7.80. The summed E-state index contributed by atoms with van der Waals surface area (Å²) in [6, 6.07) is 3.42. The summed E-state index contributed by atoms with van der Waals surface area (Å²) in [5, 5.41) is 10.8. The fourth-order valence-corrected chi connectivity index (χ4v) is 2.66. The van der Waals surface area contributed by atoms with Gasteiger partial charge in [0.05, 0.1) is 9.82 Å². The summed E-state index contributed by atoms with van der Waals surface area (Å²) in [6.07, 6.45) is 0.668. The molecule has 8 nitrogen and oxygen atoms in total. The van der Waals surface area contributed by atoms with E-state index in [1.54, 1.807) is 0 Å². The van der Waals surface area contributed by atoms with Crippen molar-refractivity contribution in [1.29, 1.82) is 0 Å². The maximum Gasteiger partial charge on any atom is 0.293 e. The smallest absolute Gasteiger partial charge is 0.293 e. The van der Waals surface area contributed by atoms with E-state index in [0.29, 0.717) is 6.42 Å². The first-order valence-electron chi connectivity index (χ1n) is 6.31. The molecule has 1 rings (SSSR count). The summed E-state index contributed by atoms with van der Waals surface area (Å²) in [7, 11) is -3.73. The summed E-state index contributed by atoms with van der Waals surface area (Å²) >= 11 is 0. The minimum atomic E-state index is -3.73. The van der Waals surface area contributed by atoms with Crippen LogP contribution in [0.3, 0.4) is 0 Å². The molecule has 0 amide bonds. The Morgan fingerprint density at radius 2 is 1.95 bits per heavy atom. The lowest BCUT2D eigenvalue weighted by molar-refractivity contribution is -0.384. The van der Waals surface area contributed by atoms with Crippen LogP contribution in [0.25, 0.3) is 0 Å². The van der Waals surface area contributed by atoms with Crippen molar-refractivity contribution >= 4 is 21.4 Å². The quantitative estimate of drug-likeness (QED) is 0.415. The van der Waals surface area contributed by atoms with E-state index in [1.807, 2.05) is 20.8 Å².